The predicted octanol–water partition coefficient (Wildman–Crippen LogP) is 4.56. The molecule has 0 unspecified atom stereocenters. The molecule has 0 aliphatic heterocycles. The standard InChI is InChI=1S/C27H28N4O4S/c1-18-9-10-20(3)24(15-18)31(36(4,33)34)17-21-11-13-22(14-12-21)27(32)28-16-25-29-26(30-35-25)23-8-6-5-7-19(23)2/h5-15H,16-17H2,1-4H3,(H,28,32). The minimum atomic E-state index is -3.51. The van der Waals surface area contributed by atoms with Gasteiger partial charge in [-0.3, -0.25) is 9.10 Å². The third-order valence-corrected chi connectivity index (χ3v) is 6.96. The van der Waals surface area contributed by atoms with Gasteiger partial charge in [-0.15, -0.1) is 0 Å². The van der Waals surface area contributed by atoms with Gasteiger partial charge in [0.05, 0.1) is 25.0 Å². The van der Waals surface area contributed by atoms with Crippen molar-refractivity contribution in [1.82, 2.24) is 15.5 Å². The lowest BCUT2D eigenvalue weighted by Gasteiger charge is -2.25. The zero-order chi connectivity index (χ0) is 25.9. The number of nitrogens with one attached hydrogen (secondary N) is 1. The second-order valence-corrected chi connectivity index (χ2v) is 10.7. The van der Waals surface area contributed by atoms with Crippen molar-refractivity contribution in [2.45, 2.75) is 33.9 Å². The molecule has 0 atom stereocenters. The van der Waals surface area contributed by atoms with E-state index in [-0.39, 0.29) is 19.0 Å². The van der Waals surface area contributed by atoms with Crippen molar-refractivity contribution in [2.75, 3.05) is 10.6 Å². The van der Waals surface area contributed by atoms with Crippen molar-refractivity contribution in [3.63, 3.8) is 0 Å². The van der Waals surface area contributed by atoms with Gasteiger partial charge in [0.2, 0.25) is 21.7 Å². The first kappa shape index (κ1) is 25.1. The first-order valence-corrected chi connectivity index (χ1v) is 13.3. The topological polar surface area (TPSA) is 105 Å². The molecule has 1 heterocycles. The van der Waals surface area contributed by atoms with Gasteiger partial charge in [0, 0.05) is 11.1 Å². The molecule has 0 aliphatic rings. The fourth-order valence-electron chi connectivity index (χ4n) is 3.81. The molecule has 3 aromatic carbocycles. The number of sulfonamides is 1. The van der Waals surface area contributed by atoms with Gasteiger partial charge in [0.25, 0.3) is 5.91 Å². The Balaban J connectivity index is 1.42. The van der Waals surface area contributed by atoms with Gasteiger partial charge in [0.1, 0.15) is 0 Å². The van der Waals surface area contributed by atoms with Crippen molar-refractivity contribution >= 4 is 21.6 Å². The molecular formula is C27H28N4O4S. The third-order valence-electron chi connectivity index (χ3n) is 5.83. The van der Waals surface area contributed by atoms with Crippen LogP contribution >= 0.6 is 0 Å². The van der Waals surface area contributed by atoms with E-state index in [4.69, 9.17) is 4.52 Å². The molecule has 9 heteroatoms. The lowest BCUT2D eigenvalue weighted by atomic mass is 10.1. The van der Waals surface area contributed by atoms with E-state index >= 15 is 0 Å². The highest BCUT2D eigenvalue weighted by molar-refractivity contribution is 7.92. The zero-order valence-corrected chi connectivity index (χ0v) is 21.5. The van der Waals surface area contributed by atoms with Gasteiger partial charge >= 0.3 is 0 Å². The third kappa shape index (κ3) is 5.80. The summed E-state index contributed by atoms with van der Waals surface area (Å²) >= 11 is 0. The van der Waals surface area contributed by atoms with Crippen LogP contribution in [0, 0.1) is 20.8 Å². The smallest absolute Gasteiger partial charge is 0.251 e. The molecule has 0 aliphatic carbocycles. The maximum Gasteiger partial charge on any atom is 0.251 e. The molecule has 0 fully saturated rings. The summed E-state index contributed by atoms with van der Waals surface area (Å²) in [6, 6.07) is 20.3. The van der Waals surface area contributed by atoms with Crippen molar-refractivity contribution in [1.29, 1.82) is 0 Å². The molecule has 1 aromatic heterocycles. The Morgan fingerprint density at radius 2 is 1.69 bits per heavy atom. The first-order chi connectivity index (χ1) is 17.1. The average Bonchev–Trinajstić information content (AvgIpc) is 3.31. The van der Waals surface area contributed by atoms with E-state index in [9.17, 15) is 13.2 Å². The van der Waals surface area contributed by atoms with Gasteiger partial charge < -0.3 is 9.84 Å². The Morgan fingerprint density at radius 1 is 0.972 bits per heavy atom. The maximum atomic E-state index is 12.6. The molecule has 0 saturated carbocycles. The second-order valence-electron chi connectivity index (χ2n) is 8.77. The van der Waals surface area contributed by atoms with Crippen LogP contribution in [0.1, 0.15) is 38.5 Å². The van der Waals surface area contributed by atoms with Crippen molar-refractivity contribution in [3.8, 4) is 11.4 Å². The van der Waals surface area contributed by atoms with Crippen LogP contribution in [0.15, 0.2) is 71.3 Å². The Hall–Kier alpha value is -3.98. The van der Waals surface area contributed by atoms with Crippen LogP contribution in [0.25, 0.3) is 11.4 Å². The SMILES string of the molecule is Cc1ccc(C)c(N(Cc2ccc(C(=O)NCc3nc(-c4ccccc4C)no3)cc2)S(C)(=O)=O)c1. The summed E-state index contributed by atoms with van der Waals surface area (Å²) in [6.45, 7) is 6.03. The van der Waals surface area contributed by atoms with E-state index in [0.717, 1.165) is 27.8 Å². The van der Waals surface area contributed by atoms with E-state index in [0.29, 0.717) is 23.0 Å². The molecule has 0 spiro atoms. The lowest BCUT2D eigenvalue weighted by molar-refractivity contribution is 0.0946. The molecule has 4 rings (SSSR count). The molecule has 0 radical (unpaired) electrons. The Bertz CT molecular complexity index is 1490. The van der Waals surface area contributed by atoms with E-state index in [2.05, 4.69) is 15.5 Å². The predicted molar refractivity (Wildman–Crippen MR) is 139 cm³/mol. The van der Waals surface area contributed by atoms with Crippen molar-refractivity contribution in [2.24, 2.45) is 0 Å². The summed E-state index contributed by atoms with van der Waals surface area (Å²) in [4.78, 5) is 17.0. The van der Waals surface area contributed by atoms with Crippen LogP contribution in [-0.4, -0.2) is 30.7 Å². The minimum absolute atomic E-state index is 0.0912. The lowest BCUT2D eigenvalue weighted by Crippen LogP contribution is -2.30. The van der Waals surface area contributed by atoms with Gasteiger partial charge in [-0.25, -0.2) is 8.42 Å². The largest absolute Gasteiger partial charge is 0.343 e. The highest BCUT2D eigenvalue weighted by Crippen LogP contribution is 2.26. The number of carbonyl (C=O) groups excluding carboxylic acids is 1. The number of hydrogen-bond acceptors (Lipinski definition) is 6. The van der Waals surface area contributed by atoms with Crippen molar-refractivity contribution < 1.29 is 17.7 Å². The fraction of sp³-hybridized carbons (Fsp3) is 0.222. The number of rotatable bonds is 8. The van der Waals surface area contributed by atoms with Crippen LogP contribution in [-0.2, 0) is 23.1 Å². The van der Waals surface area contributed by atoms with Gasteiger partial charge in [0.15, 0.2) is 0 Å². The molecule has 1 N–H and O–H groups in total. The second kappa shape index (κ2) is 10.3. The molecule has 1 amide bonds. The number of anilines is 1. The van der Waals surface area contributed by atoms with Crippen LogP contribution in [0.3, 0.4) is 0 Å². The Labute approximate surface area is 211 Å². The zero-order valence-electron chi connectivity index (χ0n) is 20.6. The average molecular weight is 505 g/mol. The molecule has 8 nitrogen and oxygen atoms in total. The highest BCUT2D eigenvalue weighted by Gasteiger charge is 2.20. The number of aryl methyl sites for hydroxylation is 3. The number of hydrogen-bond donors (Lipinski definition) is 1. The van der Waals surface area contributed by atoms with Crippen LogP contribution in [0.5, 0.6) is 0 Å². The van der Waals surface area contributed by atoms with E-state index in [1.165, 1.54) is 10.6 Å². The monoisotopic (exact) mass is 504 g/mol. The molecular weight excluding hydrogens is 476 g/mol. The molecule has 36 heavy (non-hydrogen) atoms. The van der Waals surface area contributed by atoms with Gasteiger partial charge in [-0.2, -0.15) is 4.98 Å². The number of carbonyl (C=O) groups is 1. The highest BCUT2D eigenvalue weighted by atomic mass is 32.2. The van der Waals surface area contributed by atoms with Gasteiger partial charge in [-0.1, -0.05) is 53.7 Å². The molecule has 0 saturated heterocycles. The van der Waals surface area contributed by atoms with Crippen LogP contribution < -0.4 is 9.62 Å². The molecule has 0 bridgehead atoms. The van der Waals surface area contributed by atoms with Gasteiger partial charge in [-0.05, 0) is 61.2 Å². The van der Waals surface area contributed by atoms with E-state index in [1.54, 1.807) is 24.3 Å². The first-order valence-electron chi connectivity index (χ1n) is 11.4. The number of amides is 1. The summed E-state index contributed by atoms with van der Waals surface area (Å²) in [6.07, 6.45) is 1.19. The van der Waals surface area contributed by atoms with E-state index < -0.39 is 10.0 Å². The fourth-order valence-corrected chi connectivity index (χ4v) is 4.75. The molecule has 4 aromatic rings. The number of benzene rings is 3. The van der Waals surface area contributed by atoms with Crippen molar-refractivity contribution in [3.05, 3.63) is 100 Å². The summed E-state index contributed by atoms with van der Waals surface area (Å²) in [5.74, 6) is 0.475. The van der Waals surface area contributed by atoms with Crippen LogP contribution in [0.2, 0.25) is 0 Å². The summed E-state index contributed by atoms with van der Waals surface area (Å²) in [5.41, 5.74) is 5.59. The Morgan fingerprint density at radius 3 is 2.39 bits per heavy atom. The summed E-state index contributed by atoms with van der Waals surface area (Å²) < 4.78 is 31.8. The summed E-state index contributed by atoms with van der Waals surface area (Å²) in [7, 11) is -3.51. The Kier molecular flexibility index (Phi) is 7.21. The number of nitrogens with zero attached hydrogens (tertiary/aromatic N) is 3. The normalized spacial score (nSPS) is 11.3. The summed E-state index contributed by atoms with van der Waals surface area (Å²) in [5, 5.41) is 6.78. The quantitative estimate of drug-likeness (QED) is 0.377. The van der Waals surface area contributed by atoms with E-state index in [1.807, 2.05) is 63.2 Å². The van der Waals surface area contributed by atoms with Crippen LogP contribution in [0.4, 0.5) is 5.69 Å². The number of aromatic nitrogens is 2. The minimum Gasteiger partial charge on any atom is -0.343 e. The maximum absolute atomic E-state index is 12.6. The molecule has 186 valence electrons.